The van der Waals surface area contributed by atoms with Crippen LogP contribution in [-0.4, -0.2) is 15.0 Å². The zero-order chi connectivity index (χ0) is 12.9. The molecule has 0 atom stereocenters. The van der Waals surface area contributed by atoms with Crippen molar-refractivity contribution in [2.45, 2.75) is 18.8 Å². The van der Waals surface area contributed by atoms with E-state index in [1.165, 1.54) is 12.1 Å². The third kappa shape index (κ3) is 1.59. The molecule has 0 saturated heterocycles. The standard InChI is InChI=1S/C12H9ClN2O3/c13-10-7-3-4-9(15(17)18)12(16)11(7)14-5-8(10)6-1-2-6/h3-6,16H,1-2H2. The van der Waals surface area contributed by atoms with Crippen molar-refractivity contribution >= 4 is 28.2 Å². The Balaban J connectivity index is 2.28. The molecule has 0 bridgehead atoms. The fourth-order valence-electron chi connectivity index (χ4n) is 2.05. The zero-order valence-electron chi connectivity index (χ0n) is 9.26. The van der Waals surface area contributed by atoms with Crippen LogP contribution in [0.15, 0.2) is 18.3 Å². The molecule has 0 spiro atoms. The summed E-state index contributed by atoms with van der Waals surface area (Å²) in [7, 11) is 0. The zero-order valence-corrected chi connectivity index (χ0v) is 10.0. The Labute approximate surface area is 107 Å². The highest BCUT2D eigenvalue weighted by molar-refractivity contribution is 6.36. The van der Waals surface area contributed by atoms with Crippen LogP contribution in [0.1, 0.15) is 24.3 Å². The Bertz CT molecular complexity index is 668. The van der Waals surface area contributed by atoms with Gasteiger partial charge < -0.3 is 5.11 Å². The first-order valence-electron chi connectivity index (χ1n) is 5.54. The van der Waals surface area contributed by atoms with E-state index in [2.05, 4.69) is 4.98 Å². The minimum atomic E-state index is -0.640. The van der Waals surface area contributed by atoms with E-state index in [0.717, 1.165) is 18.4 Å². The van der Waals surface area contributed by atoms with E-state index >= 15 is 0 Å². The molecule has 1 saturated carbocycles. The lowest BCUT2D eigenvalue weighted by Gasteiger charge is -2.07. The number of aromatic hydroxyl groups is 1. The molecule has 92 valence electrons. The van der Waals surface area contributed by atoms with E-state index in [1.807, 2.05) is 0 Å². The molecular formula is C12H9ClN2O3. The van der Waals surface area contributed by atoms with E-state index < -0.39 is 10.7 Å². The molecule has 1 aromatic carbocycles. The minimum Gasteiger partial charge on any atom is -0.501 e. The smallest absolute Gasteiger partial charge is 0.313 e. The summed E-state index contributed by atoms with van der Waals surface area (Å²) in [5.41, 5.74) is 0.779. The summed E-state index contributed by atoms with van der Waals surface area (Å²) in [6.07, 6.45) is 3.78. The van der Waals surface area contributed by atoms with Crippen molar-refractivity contribution in [3.8, 4) is 5.75 Å². The van der Waals surface area contributed by atoms with Gasteiger partial charge in [-0.15, -0.1) is 0 Å². The number of nitro benzene ring substituents is 1. The lowest BCUT2D eigenvalue weighted by molar-refractivity contribution is -0.385. The maximum atomic E-state index is 10.7. The van der Waals surface area contributed by atoms with Gasteiger partial charge in [-0.3, -0.25) is 15.1 Å². The van der Waals surface area contributed by atoms with Gasteiger partial charge in [-0.2, -0.15) is 0 Å². The lowest BCUT2D eigenvalue weighted by Crippen LogP contribution is -1.92. The molecule has 1 heterocycles. The number of benzene rings is 1. The Morgan fingerprint density at radius 3 is 2.78 bits per heavy atom. The monoisotopic (exact) mass is 264 g/mol. The fraction of sp³-hybridized carbons (Fsp3) is 0.250. The number of fused-ring (bicyclic) bond motifs is 1. The number of nitrogens with zero attached hydrogens (tertiary/aromatic N) is 2. The molecule has 1 fully saturated rings. The molecule has 1 aromatic heterocycles. The second kappa shape index (κ2) is 3.81. The van der Waals surface area contributed by atoms with Crippen LogP contribution in [-0.2, 0) is 0 Å². The van der Waals surface area contributed by atoms with Gasteiger partial charge in [0.1, 0.15) is 5.52 Å². The van der Waals surface area contributed by atoms with Crippen molar-refractivity contribution in [3.63, 3.8) is 0 Å². The fourth-order valence-corrected chi connectivity index (χ4v) is 2.40. The Morgan fingerprint density at radius 1 is 1.44 bits per heavy atom. The molecule has 0 radical (unpaired) electrons. The Morgan fingerprint density at radius 2 is 2.17 bits per heavy atom. The molecular weight excluding hydrogens is 256 g/mol. The normalized spacial score (nSPS) is 14.9. The minimum absolute atomic E-state index is 0.179. The summed E-state index contributed by atoms with van der Waals surface area (Å²) in [5.74, 6) is 0.00785. The van der Waals surface area contributed by atoms with Gasteiger partial charge in [0.25, 0.3) is 0 Å². The number of nitro groups is 1. The number of halogens is 1. The third-order valence-electron chi connectivity index (χ3n) is 3.17. The van der Waals surface area contributed by atoms with Crippen LogP contribution in [0.4, 0.5) is 5.69 Å². The van der Waals surface area contributed by atoms with Crippen molar-refractivity contribution in [1.29, 1.82) is 0 Å². The van der Waals surface area contributed by atoms with Gasteiger partial charge in [-0.05, 0) is 30.4 Å². The van der Waals surface area contributed by atoms with E-state index in [4.69, 9.17) is 11.6 Å². The predicted octanol–water partition coefficient (Wildman–Crippen LogP) is 3.38. The van der Waals surface area contributed by atoms with Crippen LogP contribution < -0.4 is 0 Å². The van der Waals surface area contributed by atoms with E-state index in [9.17, 15) is 15.2 Å². The van der Waals surface area contributed by atoms with Crippen LogP contribution >= 0.6 is 11.6 Å². The molecule has 2 aromatic rings. The van der Waals surface area contributed by atoms with Crippen LogP contribution in [0.25, 0.3) is 10.9 Å². The molecule has 1 N–H and O–H groups in total. The number of pyridine rings is 1. The SMILES string of the molecule is O=[N+]([O-])c1ccc2c(Cl)c(C3CC3)cnc2c1O. The molecule has 18 heavy (non-hydrogen) atoms. The molecule has 0 unspecified atom stereocenters. The quantitative estimate of drug-likeness (QED) is 0.666. The highest BCUT2D eigenvalue weighted by Crippen LogP contribution is 2.46. The van der Waals surface area contributed by atoms with Crippen LogP contribution in [0.2, 0.25) is 5.02 Å². The molecule has 3 rings (SSSR count). The molecule has 0 aliphatic heterocycles. The van der Waals surface area contributed by atoms with Gasteiger partial charge in [0.05, 0.1) is 9.95 Å². The van der Waals surface area contributed by atoms with E-state index in [0.29, 0.717) is 16.3 Å². The molecule has 1 aliphatic rings. The van der Waals surface area contributed by atoms with Crippen molar-refractivity contribution in [2.24, 2.45) is 0 Å². The predicted molar refractivity (Wildman–Crippen MR) is 67.0 cm³/mol. The van der Waals surface area contributed by atoms with Gasteiger partial charge >= 0.3 is 5.69 Å². The first kappa shape index (κ1) is 11.2. The number of aromatic nitrogens is 1. The molecule has 0 amide bonds. The highest BCUT2D eigenvalue weighted by atomic mass is 35.5. The summed E-state index contributed by atoms with van der Waals surface area (Å²) in [6, 6.07) is 2.79. The third-order valence-corrected chi connectivity index (χ3v) is 3.59. The van der Waals surface area contributed by atoms with E-state index in [1.54, 1.807) is 6.20 Å². The van der Waals surface area contributed by atoms with Crippen molar-refractivity contribution in [3.05, 3.63) is 39.0 Å². The molecule has 1 aliphatic carbocycles. The molecule has 6 heteroatoms. The van der Waals surface area contributed by atoms with Crippen LogP contribution in [0.5, 0.6) is 5.75 Å². The van der Waals surface area contributed by atoms with Gasteiger partial charge in [0.15, 0.2) is 0 Å². The topological polar surface area (TPSA) is 76.3 Å². The number of hydrogen-bond donors (Lipinski definition) is 1. The maximum Gasteiger partial charge on any atom is 0.313 e. The summed E-state index contributed by atoms with van der Waals surface area (Å²) >= 11 is 6.26. The van der Waals surface area contributed by atoms with Gasteiger partial charge in [-0.1, -0.05) is 11.6 Å². The van der Waals surface area contributed by atoms with Gasteiger partial charge in [0.2, 0.25) is 5.75 Å². The summed E-state index contributed by atoms with van der Waals surface area (Å²) in [5, 5.41) is 21.6. The van der Waals surface area contributed by atoms with Crippen molar-refractivity contribution < 1.29 is 10.0 Å². The first-order chi connectivity index (χ1) is 8.59. The second-order valence-corrected chi connectivity index (χ2v) is 4.77. The molecule has 5 nitrogen and oxygen atoms in total. The average molecular weight is 265 g/mol. The largest absolute Gasteiger partial charge is 0.501 e. The highest BCUT2D eigenvalue weighted by Gasteiger charge is 2.28. The first-order valence-corrected chi connectivity index (χ1v) is 5.92. The van der Waals surface area contributed by atoms with E-state index in [-0.39, 0.29) is 11.2 Å². The van der Waals surface area contributed by atoms with Crippen LogP contribution in [0, 0.1) is 10.1 Å². The Kier molecular flexibility index (Phi) is 2.38. The van der Waals surface area contributed by atoms with Gasteiger partial charge in [-0.25, -0.2) is 0 Å². The number of hydrogen-bond acceptors (Lipinski definition) is 4. The number of phenols is 1. The summed E-state index contributed by atoms with van der Waals surface area (Å²) < 4.78 is 0. The van der Waals surface area contributed by atoms with Crippen LogP contribution in [0.3, 0.4) is 0 Å². The lowest BCUT2D eigenvalue weighted by atomic mass is 10.1. The maximum absolute atomic E-state index is 10.7. The number of rotatable bonds is 2. The Hall–Kier alpha value is -1.88. The van der Waals surface area contributed by atoms with Crippen molar-refractivity contribution in [1.82, 2.24) is 4.98 Å². The average Bonchev–Trinajstić information content (AvgIpc) is 3.14. The summed E-state index contributed by atoms with van der Waals surface area (Å²) in [4.78, 5) is 14.2. The second-order valence-electron chi connectivity index (χ2n) is 4.39. The van der Waals surface area contributed by atoms with Crippen molar-refractivity contribution in [2.75, 3.05) is 0 Å². The number of phenolic OH excluding ortho intramolecular Hbond substituents is 1. The summed E-state index contributed by atoms with van der Waals surface area (Å²) in [6.45, 7) is 0. The van der Waals surface area contributed by atoms with Gasteiger partial charge in [0, 0.05) is 17.6 Å².